The minimum atomic E-state index is -4.33. The first-order valence-electron chi connectivity index (χ1n) is 4.54. The monoisotopic (exact) mass is 313 g/mol. The minimum absolute atomic E-state index is 0.129. The van der Waals surface area contributed by atoms with Crippen LogP contribution >= 0.6 is 27.7 Å². The fourth-order valence-electron chi connectivity index (χ4n) is 1.19. The van der Waals surface area contributed by atoms with Gasteiger partial charge in [-0.05, 0) is 24.5 Å². The van der Waals surface area contributed by atoms with Crippen LogP contribution in [0.3, 0.4) is 0 Å². The van der Waals surface area contributed by atoms with Crippen LogP contribution in [0.2, 0.25) is 0 Å². The van der Waals surface area contributed by atoms with Crippen molar-refractivity contribution >= 4 is 33.4 Å². The lowest BCUT2D eigenvalue weighted by Crippen LogP contribution is -2.12. The quantitative estimate of drug-likeness (QED) is 0.834. The molecule has 6 heteroatoms. The highest BCUT2D eigenvalue weighted by Gasteiger charge is 2.33. The van der Waals surface area contributed by atoms with E-state index in [1.807, 2.05) is 6.26 Å². The van der Waals surface area contributed by atoms with Gasteiger partial charge in [0.05, 0.1) is 5.56 Å². The highest BCUT2D eigenvalue weighted by Crippen LogP contribution is 2.36. The number of nitrogens with one attached hydrogen (secondary N) is 1. The van der Waals surface area contributed by atoms with E-state index in [2.05, 4.69) is 21.2 Å². The average Bonchev–Trinajstić information content (AvgIpc) is 2.19. The maximum absolute atomic E-state index is 12.7. The Morgan fingerprint density at radius 2 is 2.06 bits per heavy atom. The van der Waals surface area contributed by atoms with E-state index in [0.717, 1.165) is 11.8 Å². The van der Waals surface area contributed by atoms with Crippen LogP contribution in [-0.4, -0.2) is 18.6 Å². The number of alkyl halides is 3. The van der Waals surface area contributed by atoms with Gasteiger partial charge < -0.3 is 5.32 Å². The van der Waals surface area contributed by atoms with E-state index < -0.39 is 11.7 Å². The van der Waals surface area contributed by atoms with Crippen LogP contribution in [0.15, 0.2) is 22.7 Å². The molecule has 0 saturated heterocycles. The summed E-state index contributed by atoms with van der Waals surface area (Å²) in [6.45, 7) is 0.520. The standard InChI is InChI=1S/C10H11BrF3NS/c1-16-5-4-15-9-3-2-7(11)6-8(9)10(12,13)14/h2-3,6,15H,4-5H2,1H3. The van der Waals surface area contributed by atoms with Crippen LogP contribution < -0.4 is 5.32 Å². The Morgan fingerprint density at radius 3 is 2.62 bits per heavy atom. The predicted octanol–water partition coefficient (Wildman–Crippen LogP) is 4.24. The van der Waals surface area contributed by atoms with Crippen LogP contribution in [0.1, 0.15) is 5.56 Å². The molecule has 0 bridgehead atoms. The highest BCUT2D eigenvalue weighted by molar-refractivity contribution is 9.10. The molecule has 1 aromatic carbocycles. The summed E-state index contributed by atoms with van der Waals surface area (Å²) in [5, 5.41) is 2.79. The number of thioether (sulfide) groups is 1. The number of hydrogen-bond donors (Lipinski definition) is 1. The maximum atomic E-state index is 12.7. The molecule has 0 fully saturated rings. The Hall–Kier alpha value is -0.360. The van der Waals surface area contributed by atoms with Gasteiger partial charge in [0, 0.05) is 22.5 Å². The van der Waals surface area contributed by atoms with Gasteiger partial charge in [0.15, 0.2) is 0 Å². The van der Waals surface area contributed by atoms with Gasteiger partial charge in [-0.25, -0.2) is 0 Å². The molecule has 90 valence electrons. The first-order chi connectivity index (χ1) is 7.45. The summed E-state index contributed by atoms with van der Waals surface area (Å²) in [5.41, 5.74) is -0.507. The summed E-state index contributed by atoms with van der Waals surface area (Å²) in [5.74, 6) is 0.771. The van der Waals surface area contributed by atoms with Gasteiger partial charge in [-0.2, -0.15) is 24.9 Å². The number of benzene rings is 1. The van der Waals surface area contributed by atoms with Gasteiger partial charge in [-0.15, -0.1) is 0 Å². The van der Waals surface area contributed by atoms with Gasteiger partial charge in [0.2, 0.25) is 0 Å². The van der Waals surface area contributed by atoms with E-state index in [1.165, 1.54) is 6.07 Å². The fourth-order valence-corrected chi connectivity index (χ4v) is 1.86. The number of rotatable bonds is 4. The molecule has 0 atom stereocenters. The summed E-state index contributed by atoms with van der Waals surface area (Å²) in [7, 11) is 0. The third kappa shape index (κ3) is 3.90. The zero-order chi connectivity index (χ0) is 12.2. The molecule has 0 radical (unpaired) electrons. The summed E-state index contributed by atoms with van der Waals surface area (Å²) in [6, 6.07) is 4.12. The van der Waals surface area contributed by atoms with Crippen molar-refractivity contribution in [1.29, 1.82) is 0 Å². The van der Waals surface area contributed by atoms with Crippen molar-refractivity contribution in [3.8, 4) is 0 Å². The molecule has 0 saturated carbocycles. The van der Waals surface area contributed by atoms with E-state index in [4.69, 9.17) is 0 Å². The van der Waals surface area contributed by atoms with Crippen molar-refractivity contribution in [1.82, 2.24) is 0 Å². The van der Waals surface area contributed by atoms with Crippen molar-refractivity contribution in [3.63, 3.8) is 0 Å². The van der Waals surface area contributed by atoms with Crippen molar-refractivity contribution < 1.29 is 13.2 Å². The van der Waals surface area contributed by atoms with Gasteiger partial charge in [0.1, 0.15) is 0 Å². The Balaban J connectivity index is 2.90. The Bertz CT molecular complexity index is 354. The molecular formula is C10H11BrF3NS. The fraction of sp³-hybridized carbons (Fsp3) is 0.400. The van der Waals surface area contributed by atoms with Gasteiger partial charge >= 0.3 is 6.18 Å². The summed E-state index contributed by atoms with van der Waals surface area (Å²) in [4.78, 5) is 0. The molecule has 0 heterocycles. The smallest absolute Gasteiger partial charge is 0.384 e. The SMILES string of the molecule is CSCCNc1ccc(Br)cc1C(F)(F)F. The zero-order valence-corrected chi connectivity index (χ0v) is 11.0. The van der Waals surface area contributed by atoms with Gasteiger partial charge in [-0.1, -0.05) is 15.9 Å². The van der Waals surface area contributed by atoms with Crippen molar-refractivity contribution in [2.24, 2.45) is 0 Å². The number of hydrogen-bond acceptors (Lipinski definition) is 2. The number of halogens is 4. The predicted molar refractivity (Wildman–Crippen MR) is 66.0 cm³/mol. The zero-order valence-electron chi connectivity index (χ0n) is 8.57. The van der Waals surface area contributed by atoms with Gasteiger partial charge in [-0.3, -0.25) is 0 Å². The maximum Gasteiger partial charge on any atom is 0.418 e. The molecule has 16 heavy (non-hydrogen) atoms. The molecule has 1 nitrogen and oxygen atoms in total. The molecule has 0 aliphatic carbocycles. The van der Waals surface area contributed by atoms with Crippen LogP contribution in [-0.2, 0) is 6.18 Å². The van der Waals surface area contributed by atoms with Crippen molar-refractivity contribution in [3.05, 3.63) is 28.2 Å². The molecule has 0 amide bonds. The second kappa shape index (κ2) is 5.82. The first kappa shape index (κ1) is 13.7. The molecule has 0 spiro atoms. The van der Waals surface area contributed by atoms with E-state index in [1.54, 1.807) is 17.8 Å². The molecule has 1 rings (SSSR count). The van der Waals surface area contributed by atoms with Crippen molar-refractivity contribution in [2.75, 3.05) is 23.9 Å². The number of anilines is 1. The van der Waals surface area contributed by atoms with Crippen molar-refractivity contribution in [2.45, 2.75) is 6.18 Å². The minimum Gasteiger partial charge on any atom is -0.384 e. The molecule has 0 unspecified atom stereocenters. The van der Waals surface area contributed by atoms with Gasteiger partial charge in [0.25, 0.3) is 0 Å². The molecule has 0 aliphatic heterocycles. The first-order valence-corrected chi connectivity index (χ1v) is 6.73. The molecule has 1 N–H and O–H groups in total. The molecule has 0 aliphatic rings. The summed E-state index contributed by atoms with van der Waals surface area (Å²) < 4.78 is 38.4. The highest BCUT2D eigenvalue weighted by atomic mass is 79.9. The van der Waals surface area contributed by atoms with E-state index in [0.29, 0.717) is 11.0 Å². The van der Waals surface area contributed by atoms with E-state index >= 15 is 0 Å². The van der Waals surface area contributed by atoms with E-state index in [-0.39, 0.29) is 5.69 Å². The molecule has 0 aromatic heterocycles. The second-order valence-corrected chi connectivity index (χ2v) is 5.01. The third-order valence-corrected chi connectivity index (χ3v) is 3.01. The second-order valence-electron chi connectivity index (χ2n) is 3.11. The van der Waals surface area contributed by atoms with E-state index in [9.17, 15) is 13.2 Å². The van der Waals surface area contributed by atoms with Crippen LogP contribution in [0, 0.1) is 0 Å². The Morgan fingerprint density at radius 1 is 1.38 bits per heavy atom. The Kier molecular flexibility index (Phi) is 4.98. The largest absolute Gasteiger partial charge is 0.418 e. The Labute approximate surface area is 105 Å². The van der Waals surface area contributed by atoms with Crippen LogP contribution in [0.4, 0.5) is 18.9 Å². The van der Waals surface area contributed by atoms with Crippen LogP contribution in [0.25, 0.3) is 0 Å². The molecular weight excluding hydrogens is 303 g/mol. The third-order valence-electron chi connectivity index (χ3n) is 1.91. The lowest BCUT2D eigenvalue weighted by atomic mass is 10.1. The lowest BCUT2D eigenvalue weighted by molar-refractivity contribution is -0.137. The topological polar surface area (TPSA) is 12.0 Å². The summed E-state index contributed by atoms with van der Waals surface area (Å²) in [6.07, 6.45) is -2.42. The van der Waals surface area contributed by atoms with Crippen LogP contribution in [0.5, 0.6) is 0 Å². The normalized spacial score (nSPS) is 11.6. The average molecular weight is 314 g/mol. The molecule has 1 aromatic rings. The summed E-state index contributed by atoms with van der Waals surface area (Å²) >= 11 is 4.62. The lowest BCUT2D eigenvalue weighted by Gasteiger charge is -2.14.